The van der Waals surface area contributed by atoms with Gasteiger partial charge < -0.3 is 19.6 Å². The minimum atomic E-state index is -0.850. The van der Waals surface area contributed by atoms with Crippen LogP contribution in [-0.2, 0) is 25.8 Å². The lowest BCUT2D eigenvalue weighted by molar-refractivity contribution is -0.156. The highest BCUT2D eigenvalue weighted by Gasteiger charge is 2.78. The Morgan fingerprint density at radius 3 is 2.75 bits per heavy atom. The monoisotopic (exact) mass is 569 g/mol. The third kappa shape index (κ3) is 4.24. The highest BCUT2D eigenvalue weighted by Crippen LogP contribution is 2.72. The van der Waals surface area contributed by atoms with Crippen molar-refractivity contribution in [2.24, 2.45) is 17.8 Å². The fourth-order valence-corrected chi connectivity index (χ4v) is 9.46. The maximum atomic E-state index is 14.7. The van der Waals surface area contributed by atoms with Gasteiger partial charge in [-0.15, -0.1) is 23.4 Å². The average molecular weight is 570 g/mol. The summed E-state index contributed by atoms with van der Waals surface area (Å²) in [6.45, 7) is 12.0. The molecule has 4 heterocycles. The first kappa shape index (κ1) is 28.6. The number of amides is 2. The first-order chi connectivity index (χ1) is 19.2. The number of thioether (sulfide) groups is 1. The summed E-state index contributed by atoms with van der Waals surface area (Å²) in [4.78, 5) is 45.7. The molecule has 1 spiro atoms. The van der Waals surface area contributed by atoms with Crippen LogP contribution in [0.15, 0.2) is 36.9 Å². The number of para-hydroxylation sites is 1. The number of hydrogen-bond donors (Lipinski definition) is 1. The Bertz CT molecular complexity index is 1320. The van der Waals surface area contributed by atoms with Gasteiger partial charge >= 0.3 is 5.97 Å². The molecule has 10 nitrogen and oxygen atoms in total. The van der Waals surface area contributed by atoms with Gasteiger partial charge in [-0.25, -0.2) is 4.68 Å². The van der Waals surface area contributed by atoms with E-state index < -0.39 is 33.4 Å². The molecule has 1 N–H and O–H groups in total. The maximum absolute atomic E-state index is 14.7. The van der Waals surface area contributed by atoms with E-state index in [4.69, 9.17) is 4.74 Å². The average Bonchev–Trinajstić information content (AvgIpc) is 3.64. The third-order valence-corrected chi connectivity index (χ3v) is 11.2. The zero-order chi connectivity index (χ0) is 28.8. The van der Waals surface area contributed by atoms with Gasteiger partial charge in [0.15, 0.2) is 0 Å². The number of esters is 1. The zero-order valence-corrected chi connectivity index (χ0v) is 24.5. The molecule has 0 radical (unpaired) electrons. The second-order valence-electron chi connectivity index (χ2n) is 11.4. The van der Waals surface area contributed by atoms with Crippen LogP contribution in [0, 0.1) is 17.8 Å². The van der Waals surface area contributed by atoms with Crippen LogP contribution < -0.4 is 0 Å². The van der Waals surface area contributed by atoms with Crippen molar-refractivity contribution in [3.05, 3.63) is 36.9 Å². The van der Waals surface area contributed by atoms with Gasteiger partial charge in [-0.1, -0.05) is 43.7 Å². The summed E-state index contributed by atoms with van der Waals surface area (Å²) in [6.07, 6.45) is 3.71. The molecule has 3 saturated heterocycles. The molecule has 1 aromatic carbocycles. The topological polar surface area (TPSA) is 118 Å². The molecule has 3 aliphatic heterocycles. The molecule has 0 saturated carbocycles. The van der Waals surface area contributed by atoms with E-state index in [-0.39, 0.29) is 50.1 Å². The number of aromatic nitrogens is 3. The van der Waals surface area contributed by atoms with Crippen LogP contribution in [-0.4, -0.2) is 89.0 Å². The van der Waals surface area contributed by atoms with Gasteiger partial charge in [-0.05, 0) is 44.7 Å². The molecule has 3 aliphatic rings. The fraction of sp³-hybridized carbons (Fsp3) is 0.621. The minimum Gasteiger partial charge on any atom is -0.466 e. The van der Waals surface area contributed by atoms with Crippen LogP contribution in [0.25, 0.3) is 11.0 Å². The Balaban J connectivity index is 1.60. The number of aliphatic hydroxyl groups is 1. The summed E-state index contributed by atoms with van der Waals surface area (Å²) in [5, 5.41) is 19.1. The molecule has 3 fully saturated rings. The van der Waals surface area contributed by atoms with Gasteiger partial charge in [0.2, 0.25) is 11.8 Å². The predicted molar refractivity (Wildman–Crippen MR) is 152 cm³/mol. The Hall–Kier alpha value is -2.92. The number of hydrogen-bond acceptors (Lipinski definition) is 8. The highest BCUT2D eigenvalue weighted by atomic mass is 32.2. The van der Waals surface area contributed by atoms with Crippen LogP contribution in [0.1, 0.15) is 47.0 Å². The number of ether oxygens (including phenoxy) is 1. The number of fused-ring (bicyclic) bond motifs is 2. The molecule has 40 heavy (non-hydrogen) atoms. The summed E-state index contributed by atoms with van der Waals surface area (Å²) in [5.74, 6) is -2.26. The summed E-state index contributed by atoms with van der Waals surface area (Å²) in [6, 6.07) is 6.13. The van der Waals surface area contributed by atoms with Crippen molar-refractivity contribution in [3.8, 4) is 0 Å². The number of carbonyl (C=O) groups is 3. The Morgan fingerprint density at radius 2 is 2.08 bits per heavy atom. The van der Waals surface area contributed by atoms with E-state index in [1.54, 1.807) is 39.2 Å². The molecule has 7 atom stereocenters. The van der Waals surface area contributed by atoms with Gasteiger partial charge in [-0.2, -0.15) is 0 Å². The number of rotatable bonds is 11. The normalized spacial score (nSPS) is 30.4. The molecule has 11 heteroatoms. The van der Waals surface area contributed by atoms with Crippen LogP contribution >= 0.6 is 11.8 Å². The second kappa shape index (κ2) is 10.8. The Morgan fingerprint density at radius 1 is 1.32 bits per heavy atom. The SMILES string of the molecule is C=CCN(Cn1nnc2ccccc21)C(=O)C1N([C@@H](CO)[C@@H](C)CC)C(=O)[C@@H]2[C@@H](C(=O)OCC)[C@@]3(C)CCC12S3. The molecule has 1 aromatic heterocycles. The Labute approximate surface area is 239 Å². The molecular formula is C29H39N5O5S. The molecule has 2 bridgehead atoms. The van der Waals surface area contributed by atoms with Gasteiger partial charge in [0.25, 0.3) is 0 Å². The van der Waals surface area contributed by atoms with E-state index in [2.05, 4.69) is 16.9 Å². The third-order valence-electron chi connectivity index (χ3n) is 9.22. The van der Waals surface area contributed by atoms with Crippen LogP contribution in [0.4, 0.5) is 0 Å². The number of aliphatic hydroxyl groups excluding tert-OH is 1. The molecule has 2 amide bonds. The van der Waals surface area contributed by atoms with Crippen LogP contribution in [0.2, 0.25) is 0 Å². The molecule has 216 valence electrons. The van der Waals surface area contributed by atoms with E-state index in [1.807, 2.05) is 45.0 Å². The summed E-state index contributed by atoms with van der Waals surface area (Å²) >= 11 is 1.60. The van der Waals surface area contributed by atoms with E-state index in [0.29, 0.717) is 12.8 Å². The fourth-order valence-electron chi connectivity index (χ4n) is 7.13. The van der Waals surface area contributed by atoms with Gasteiger partial charge in [0.1, 0.15) is 18.2 Å². The molecule has 5 rings (SSSR count). The number of nitrogens with zero attached hydrogens (tertiary/aromatic N) is 5. The first-order valence-electron chi connectivity index (χ1n) is 14.1. The van der Waals surface area contributed by atoms with E-state index in [1.165, 1.54) is 0 Å². The maximum Gasteiger partial charge on any atom is 0.311 e. The number of likely N-dealkylation sites (tertiary alicyclic amines) is 1. The number of benzene rings is 1. The van der Waals surface area contributed by atoms with Crippen LogP contribution in [0.3, 0.4) is 0 Å². The summed E-state index contributed by atoms with van der Waals surface area (Å²) in [7, 11) is 0. The lowest BCUT2D eigenvalue weighted by atomic mass is 9.66. The van der Waals surface area contributed by atoms with Crippen LogP contribution in [0.5, 0.6) is 0 Å². The van der Waals surface area contributed by atoms with Gasteiger partial charge in [-0.3, -0.25) is 14.4 Å². The molecular weight excluding hydrogens is 530 g/mol. The standard InChI is InChI=1S/C29H39N5O5S/c1-6-15-32(17-33-20-12-10-9-11-19(20)30-31-33)26(37)24-29-14-13-28(5,40-29)23(27(38)39-8-3)22(29)25(36)34(24)21(16-35)18(4)7-2/h6,9-12,18,21-24,35H,1,7-8,13-17H2,2-5H3/t18-,21-,22-,23-,24?,28+,29?/m0/s1. The number of carbonyl (C=O) groups excluding carboxylic acids is 3. The smallest absolute Gasteiger partial charge is 0.311 e. The van der Waals surface area contributed by atoms with Crippen molar-refractivity contribution < 1.29 is 24.2 Å². The van der Waals surface area contributed by atoms with Crippen molar-refractivity contribution in [1.82, 2.24) is 24.8 Å². The quantitative estimate of drug-likeness (QED) is 0.324. The van der Waals surface area contributed by atoms with E-state index in [0.717, 1.165) is 17.5 Å². The molecule has 2 unspecified atom stereocenters. The van der Waals surface area contributed by atoms with E-state index >= 15 is 0 Å². The lowest BCUT2D eigenvalue weighted by Gasteiger charge is -2.41. The summed E-state index contributed by atoms with van der Waals surface area (Å²) < 4.78 is 5.85. The van der Waals surface area contributed by atoms with Crippen molar-refractivity contribution >= 4 is 40.6 Å². The van der Waals surface area contributed by atoms with Crippen molar-refractivity contribution in [3.63, 3.8) is 0 Å². The van der Waals surface area contributed by atoms with Gasteiger partial charge in [0.05, 0.1) is 41.4 Å². The zero-order valence-electron chi connectivity index (χ0n) is 23.7. The lowest BCUT2D eigenvalue weighted by Crippen LogP contribution is -2.58. The minimum absolute atomic E-state index is 0.0505. The van der Waals surface area contributed by atoms with E-state index in [9.17, 15) is 19.5 Å². The second-order valence-corrected chi connectivity index (χ2v) is 13.3. The Kier molecular flexibility index (Phi) is 7.73. The van der Waals surface area contributed by atoms with Crippen molar-refractivity contribution in [2.45, 2.75) is 75.2 Å². The van der Waals surface area contributed by atoms with Crippen molar-refractivity contribution in [2.75, 3.05) is 19.8 Å². The largest absolute Gasteiger partial charge is 0.466 e. The van der Waals surface area contributed by atoms with Gasteiger partial charge in [0, 0.05) is 11.3 Å². The molecule has 0 aliphatic carbocycles. The summed E-state index contributed by atoms with van der Waals surface area (Å²) in [5.41, 5.74) is 1.51. The highest BCUT2D eigenvalue weighted by molar-refractivity contribution is 8.02. The first-order valence-corrected chi connectivity index (χ1v) is 15.0. The predicted octanol–water partition coefficient (Wildman–Crippen LogP) is 2.85. The molecule has 2 aromatic rings. The van der Waals surface area contributed by atoms with Crippen molar-refractivity contribution in [1.29, 1.82) is 0 Å².